The molecule has 2 aromatic heterocycles. The monoisotopic (exact) mass is 286 g/mol. The highest BCUT2D eigenvalue weighted by Crippen LogP contribution is 2.28. The molecule has 0 saturated heterocycles. The lowest BCUT2D eigenvalue weighted by Gasteiger charge is -2.03. The lowest BCUT2D eigenvalue weighted by atomic mass is 10.2. The van der Waals surface area contributed by atoms with E-state index in [0.29, 0.717) is 11.5 Å². The maximum atomic E-state index is 11.0. The summed E-state index contributed by atoms with van der Waals surface area (Å²) in [6.45, 7) is 0. The Bertz CT molecular complexity index is 764. The highest BCUT2D eigenvalue weighted by Gasteiger charge is 2.14. The van der Waals surface area contributed by atoms with Crippen molar-refractivity contribution < 1.29 is 14.3 Å². The van der Waals surface area contributed by atoms with Gasteiger partial charge in [0.25, 0.3) is 0 Å². The van der Waals surface area contributed by atoms with Gasteiger partial charge in [-0.25, -0.2) is 14.8 Å². The van der Waals surface area contributed by atoms with Crippen molar-refractivity contribution in [3.63, 3.8) is 0 Å². The minimum absolute atomic E-state index is 0.191. The van der Waals surface area contributed by atoms with Crippen LogP contribution in [-0.2, 0) is 5.75 Å². The van der Waals surface area contributed by atoms with Crippen molar-refractivity contribution in [2.24, 2.45) is 0 Å². The van der Waals surface area contributed by atoms with Crippen molar-refractivity contribution >= 4 is 28.6 Å². The Labute approximate surface area is 118 Å². The van der Waals surface area contributed by atoms with Crippen LogP contribution in [0.25, 0.3) is 10.9 Å². The normalized spacial score (nSPS) is 10.8. The smallest absolute Gasteiger partial charge is 0.339 e. The number of hydrogen-bond acceptors (Lipinski definition) is 5. The zero-order valence-corrected chi connectivity index (χ0v) is 11.1. The SMILES string of the molecule is O=C(O)c1ccoc1CSc1ncnc2ccccc12. The summed E-state index contributed by atoms with van der Waals surface area (Å²) in [4.78, 5) is 19.4. The number of carboxylic acids is 1. The second-order valence-electron chi connectivity index (χ2n) is 4.05. The molecule has 3 rings (SSSR count). The number of benzene rings is 1. The molecule has 6 heteroatoms. The van der Waals surface area contributed by atoms with Gasteiger partial charge in [-0.3, -0.25) is 0 Å². The Kier molecular flexibility index (Phi) is 3.39. The third-order valence-corrected chi connectivity index (χ3v) is 3.83. The molecular weight excluding hydrogens is 276 g/mol. The molecule has 100 valence electrons. The van der Waals surface area contributed by atoms with Gasteiger partial charge in [-0.05, 0) is 12.1 Å². The maximum absolute atomic E-state index is 11.0. The molecular formula is C14H10N2O3S. The van der Waals surface area contributed by atoms with E-state index in [-0.39, 0.29) is 5.56 Å². The number of furan rings is 1. The Balaban J connectivity index is 1.87. The van der Waals surface area contributed by atoms with Gasteiger partial charge in [-0.2, -0.15) is 0 Å². The molecule has 0 radical (unpaired) electrons. The number of thioether (sulfide) groups is 1. The lowest BCUT2D eigenvalue weighted by Crippen LogP contribution is -1.97. The van der Waals surface area contributed by atoms with Gasteiger partial charge in [0.1, 0.15) is 22.7 Å². The first kappa shape index (κ1) is 12.7. The number of nitrogens with zero attached hydrogens (tertiary/aromatic N) is 2. The molecule has 0 atom stereocenters. The van der Waals surface area contributed by atoms with Crippen molar-refractivity contribution in [3.8, 4) is 0 Å². The lowest BCUT2D eigenvalue weighted by molar-refractivity contribution is 0.0695. The number of hydrogen-bond donors (Lipinski definition) is 1. The van der Waals surface area contributed by atoms with Gasteiger partial charge in [-0.15, -0.1) is 0 Å². The van der Waals surface area contributed by atoms with E-state index in [1.807, 2.05) is 24.3 Å². The van der Waals surface area contributed by atoms with Crippen LogP contribution in [0.2, 0.25) is 0 Å². The molecule has 0 bridgehead atoms. The average molecular weight is 286 g/mol. The molecule has 5 nitrogen and oxygen atoms in total. The van der Waals surface area contributed by atoms with Crippen LogP contribution in [0.1, 0.15) is 16.1 Å². The van der Waals surface area contributed by atoms with Gasteiger partial charge >= 0.3 is 5.97 Å². The fourth-order valence-corrected chi connectivity index (χ4v) is 2.81. The van der Waals surface area contributed by atoms with E-state index in [1.54, 1.807) is 0 Å². The van der Waals surface area contributed by atoms with Crippen LogP contribution in [-0.4, -0.2) is 21.0 Å². The molecule has 2 heterocycles. The number of carboxylic acid groups (broad SMARTS) is 1. The second-order valence-corrected chi connectivity index (χ2v) is 5.01. The van der Waals surface area contributed by atoms with Gasteiger partial charge in [-0.1, -0.05) is 30.0 Å². The average Bonchev–Trinajstić information content (AvgIpc) is 2.93. The molecule has 0 spiro atoms. The van der Waals surface area contributed by atoms with E-state index in [9.17, 15) is 4.79 Å². The summed E-state index contributed by atoms with van der Waals surface area (Å²) >= 11 is 1.43. The van der Waals surface area contributed by atoms with Crippen molar-refractivity contribution in [2.75, 3.05) is 0 Å². The van der Waals surface area contributed by atoms with Crippen LogP contribution in [0.15, 0.2) is 52.4 Å². The quantitative estimate of drug-likeness (QED) is 0.586. The number of rotatable bonds is 4. The van der Waals surface area contributed by atoms with Crippen molar-refractivity contribution in [1.29, 1.82) is 0 Å². The van der Waals surface area contributed by atoms with Crippen LogP contribution < -0.4 is 0 Å². The summed E-state index contributed by atoms with van der Waals surface area (Å²) in [7, 11) is 0. The molecule has 20 heavy (non-hydrogen) atoms. The van der Waals surface area contributed by atoms with Gasteiger partial charge in [0.15, 0.2) is 0 Å². The number of fused-ring (bicyclic) bond motifs is 1. The van der Waals surface area contributed by atoms with Crippen molar-refractivity contribution in [2.45, 2.75) is 10.8 Å². The minimum Gasteiger partial charge on any atom is -0.478 e. The highest BCUT2D eigenvalue weighted by atomic mass is 32.2. The Morgan fingerprint density at radius 3 is 2.95 bits per heavy atom. The van der Waals surface area contributed by atoms with Crippen molar-refractivity contribution in [1.82, 2.24) is 9.97 Å². The summed E-state index contributed by atoms with van der Waals surface area (Å²) < 4.78 is 5.21. The fourth-order valence-electron chi connectivity index (χ4n) is 1.87. The first-order chi connectivity index (χ1) is 9.75. The summed E-state index contributed by atoms with van der Waals surface area (Å²) in [5.41, 5.74) is 1.05. The summed E-state index contributed by atoms with van der Waals surface area (Å²) in [6.07, 6.45) is 2.89. The Morgan fingerprint density at radius 1 is 1.25 bits per heavy atom. The molecule has 0 aliphatic rings. The van der Waals surface area contributed by atoms with Crippen LogP contribution in [0.3, 0.4) is 0 Å². The number of aromatic carboxylic acids is 1. The van der Waals surface area contributed by atoms with Crippen LogP contribution in [0.4, 0.5) is 0 Å². The van der Waals surface area contributed by atoms with Gasteiger partial charge in [0.05, 0.1) is 17.5 Å². The molecule has 0 aliphatic carbocycles. The molecule has 3 aromatic rings. The molecule has 1 aromatic carbocycles. The summed E-state index contributed by atoms with van der Waals surface area (Å²) in [5, 5.41) is 10.8. The van der Waals surface area contributed by atoms with E-state index >= 15 is 0 Å². The van der Waals surface area contributed by atoms with Crippen LogP contribution >= 0.6 is 11.8 Å². The van der Waals surface area contributed by atoms with E-state index in [0.717, 1.165) is 15.9 Å². The van der Waals surface area contributed by atoms with Crippen molar-refractivity contribution in [3.05, 3.63) is 54.2 Å². The van der Waals surface area contributed by atoms with Crippen LogP contribution in [0, 0.1) is 0 Å². The fraction of sp³-hybridized carbons (Fsp3) is 0.0714. The molecule has 0 amide bonds. The zero-order chi connectivity index (χ0) is 13.9. The third-order valence-electron chi connectivity index (χ3n) is 2.82. The Hall–Kier alpha value is -2.34. The zero-order valence-electron chi connectivity index (χ0n) is 10.3. The van der Waals surface area contributed by atoms with E-state index < -0.39 is 5.97 Å². The molecule has 0 unspecified atom stereocenters. The van der Waals surface area contributed by atoms with Gasteiger partial charge < -0.3 is 9.52 Å². The Morgan fingerprint density at radius 2 is 2.10 bits per heavy atom. The number of carbonyl (C=O) groups is 1. The second kappa shape index (κ2) is 5.34. The van der Waals surface area contributed by atoms with E-state index in [4.69, 9.17) is 9.52 Å². The molecule has 0 fully saturated rings. The van der Waals surface area contributed by atoms with Crippen LogP contribution in [0.5, 0.6) is 0 Å². The first-order valence-corrected chi connectivity index (χ1v) is 6.86. The molecule has 0 aliphatic heterocycles. The minimum atomic E-state index is -0.984. The highest BCUT2D eigenvalue weighted by molar-refractivity contribution is 7.98. The van der Waals surface area contributed by atoms with Gasteiger partial charge in [0.2, 0.25) is 0 Å². The third kappa shape index (κ3) is 2.37. The molecule has 0 saturated carbocycles. The van der Waals surface area contributed by atoms with E-state index in [2.05, 4.69) is 9.97 Å². The predicted molar refractivity (Wildman–Crippen MR) is 74.8 cm³/mol. The number of para-hydroxylation sites is 1. The summed E-state index contributed by atoms with van der Waals surface area (Å²) in [6, 6.07) is 9.15. The maximum Gasteiger partial charge on any atom is 0.339 e. The topological polar surface area (TPSA) is 76.2 Å². The largest absolute Gasteiger partial charge is 0.478 e. The van der Waals surface area contributed by atoms with Gasteiger partial charge in [0, 0.05) is 5.39 Å². The summed E-state index contributed by atoms with van der Waals surface area (Å²) in [5.74, 6) is -0.137. The predicted octanol–water partition coefficient (Wildman–Crippen LogP) is 3.21. The molecule has 1 N–H and O–H groups in total. The number of aromatic nitrogens is 2. The standard InChI is InChI=1S/C14H10N2O3S/c17-14(18)10-5-6-19-12(10)7-20-13-9-3-1-2-4-11(9)15-8-16-13/h1-6,8H,7H2,(H,17,18). The first-order valence-electron chi connectivity index (χ1n) is 5.88. The van der Waals surface area contributed by atoms with E-state index in [1.165, 1.54) is 30.4 Å².